The Kier molecular flexibility index (Phi) is 6.50. The van der Waals surface area contributed by atoms with Gasteiger partial charge in [0.2, 0.25) is 0 Å². The minimum atomic E-state index is -1.53. The topological polar surface area (TPSA) is 101 Å². The molecule has 2 N–H and O–H groups in total. The Hall–Kier alpha value is -2.84. The van der Waals surface area contributed by atoms with E-state index in [1.165, 1.54) is 18.2 Å². The van der Waals surface area contributed by atoms with E-state index in [2.05, 4.69) is 10.3 Å². The summed E-state index contributed by atoms with van der Waals surface area (Å²) in [4.78, 5) is 40.7. The number of halogens is 4. The molecule has 0 saturated heterocycles. The molecule has 168 valence electrons. The number of benzene rings is 2. The molecule has 2 heterocycles. The number of hydrogen-bond donors (Lipinski definition) is 2. The second-order valence-corrected chi connectivity index (χ2v) is 8.70. The first-order chi connectivity index (χ1) is 15.7. The third kappa shape index (κ3) is 4.63. The van der Waals surface area contributed by atoms with E-state index in [1.54, 1.807) is 22.8 Å². The first-order valence-electron chi connectivity index (χ1n) is 9.46. The number of carbonyl (C=O) groups is 2. The third-order valence-electron chi connectivity index (χ3n) is 4.98. The summed E-state index contributed by atoms with van der Waals surface area (Å²) in [7, 11) is 0. The summed E-state index contributed by atoms with van der Waals surface area (Å²) in [6, 6.07) is 9.67. The lowest BCUT2D eigenvalue weighted by Gasteiger charge is -2.09. The quantitative estimate of drug-likeness (QED) is 0.447. The summed E-state index contributed by atoms with van der Waals surface area (Å²) in [5.41, 5.74) is 1.97. The molecule has 0 aliphatic carbocycles. The second-order valence-electron chi connectivity index (χ2n) is 7.10. The number of amides is 1. The van der Waals surface area contributed by atoms with Crippen molar-refractivity contribution in [1.29, 1.82) is 0 Å². The number of anilines is 1. The van der Waals surface area contributed by atoms with Gasteiger partial charge in [-0.15, -0.1) is 0 Å². The fourth-order valence-corrected chi connectivity index (χ4v) is 4.09. The minimum absolute atomic E-state index is 0.217. The molecule has 0 atom stereocenters. The maximum absolute atomic E-state index is 13.0. The van der Waals surface area contributed by atoms with Gasteiger partial charge in [0.1, 0.15) is 15.9 Å². The molecule has 33 heavy (non-hydrogen) atoms. The van der Waals surface area contributed by atoms with Gasteiger partial charge in [-0.2, -0.15) is 0 Å². The number of carboxylic acids is 1. The van der Waals surface area contributed by atoms with Crippen molar-refractivity contribution in [2.75, 3.05) is 5.32 Å². The summed E-state index contributed by atoms with van der Waals surface area (Å²) in [6.45, 7) is 0.473. The van der Waals surface area contributed by atoms with Gasteiger partial charge in [-0.25, -0.2) is 9.78 Å². The highest BCUT2D eigenvalue weighted by Crippen LogP contribution is 2.31. The predicted octanol–water partition coefficient (Wildman–Crippen LogP) is 5.36. The largest absolute Gasteiger partial charge is 0.477 e. The molecule has 0 fully saturated rings. The first kappa shape index (κ1) is 23.3. The third-order valence-corrected chi connectivity index (χ3v) is 6.35. The van der Waals surface area contributed by atoms with Crippen LogP contribution in [0.3, 0.4) is 0 Å². The van der Waals surface area contributed by atoms with Crippen LogP contribution in [0.25, 0.3) is 22.6 Å². The van der Waals surface area contributed by atoms with Crippen molar-refractivity contribution in [3.63, 3.8) is 0 Å². The molecule has 2 aromatic carbocycles. The van der Waals surface area contributed by atoms with Crippen LogP contribution < -0.4 is 10.9 Å². The van der Waals surface area contributed by atoms with Crippen molar-refractivity contribution in [2.24, 2.45) is 0 Å². The van der Waals surface area contributed by atoms with E-state index >= 15 is 0 Å². The van der Waals surface area contributed by atoms with Gasteiger partial charge in [-0.1, -0.05) is 52.5 Å². The average molecular weight is 525 g/mol. The number of hydrogen-bond acceptors (Lipinski definition) is 4. The van der Waals surface area contributed by atoms with Gasteiger partial charge in [0, 0.05) is 22.3 Å². The van der Waals surface area contributed by atoms with Crippen LogP contribution in [0.15, 0.2) is 51.3 Å². The fraction of sp³-hybridized carbons (Fsp3) is 0.0909. The van der Waals surface area contributed by atoms with Crippen molar-refractivity contribution in [3.8, 4) is 0 Å². The highest BCUT2D eigenvalue weighted by Gasteiger charge is 2.22. The molecule has 1 aliphatic heterocycles. The Balaban J connectivity index is 1.74. The van der Waals surface area contributed by atoms with Gasteiger partial charge in [0.25, 0.3) is 11.5 Å². The number of nitrogens with one attached hydrogen (secondary N) is 1. The number of aromatic nitrogens is 2. The van der Waals surface area contributed by atoms with Crippen molar-refractivity contribution < 1.29 is 14.7 Å². The minimum Gasteiger partial charge on any atom is -0.477 e. The van der Waals surface area contributed by atoms with Crippen molar-refractivity contribution in [2.45, 2.75) is 13.0 Å². The molecule has 11 heteroatoms. The first-order valence-corrected chi connectivity index (χ1v) is 11.0. The normalized spacial score (nSPS) is 14.8. The molecule has 0 bridgehead atoms. The van der Waals surface area contributed by atoms with Crippen LogP contribution in [0.1, 0.15) is 17.8 Å². The molecule has 0 radical (unpaired) electrons. The standard InChI is InChI=1S/C22H13Cl4N3O4/c23-12-2-1-10(15(24)8-12)7-11-5-6-29-19(11)28-16-9-13(3-4-14(16)21(29)31)27-20(30)17(25)18(26)22(32)33/h1-4,7-9H,5-6H2,(H,27,30)(H,32,33)/b11-7+,18-17-. The summed E-state index contributed by atoms with van der Waals surface area (Å²) >= 11 is 23.5. The van der Waals surface area contributed by atoms with E-state index in [0.717, 1.165) is 11.1 Å². The van der Waals surface area contributed by atoms with Crippen LogP contribution in [0.2, 0.25) is 10.0 Å². The molecule has 1 amide bonds. The molecule has 0 spiro atoms. The van der Waals surface area contributed by atoms with Gasteiger partial charge in [-0.05, 0) is 54.0 Å². The van der Waals surface area contributed by atoms with Crippen molar-refractivity contribution in [3.05, 3.63) is 78.2 Å². The Morgan fingerprint density at radius 1 is 1.09 bits per heavy atom. The molecular weight excluding hydrogens is 512 g/mol. The Morgan fingerprint density at radius 2 is 1.85 bits per heavy atom. The van der Waals surface area contributed by atoms with E-state index in [4.69, 9.17) is 51.5 Å². The van der Waals surface area contributed by atoms with Crippen LogP contribution in [0, 0.1) is 0 Å². The molecule has 7 nitrogen and oxygen atoms in total. The van der Waals surface area contributed by atoms with E-state index in [-0.39, 0.29) is 11.2 Å². The smallest absolute Gasteiger partial charge is 0.349 e. The van der Waals surface area contributed by atoms with Crippen LogP contribution in [0.5, 0.6) is 0 Å². The molecule has 0 saturated carbocycles. The highest BCUT2D eigenvalue weighted by atomic mass is 35.5. The van der Waals surface area contributed by atoms with Gasteiger partial charge in [0.05, 0.1) is 10.9 Å². The van der Waals surface area contributed by atoms with Gasteiger partial charge >= 0.3 is 5.97 Å². The van der Waals surface area contributed by atoms with Crippen LogP contribution >= 0.6 is 46.4 Å². The van der Waals surface area contributed by atoms with Gasteiger partial charge in [-0.3, -0.25) is 14.2 Å². The maximum atomic E-state index is 13.0. The molecule has 1 aliphatic rings. The number of fused-ring (bicyclic) bond motifs is 2. The zero-order valence-corrected chi connectivity index (χ0v) is 19.6. The number of carbonyl (C=O) groups excluding carboxylic acids is 1. The second kappa shape index (κ2) is 9.19. The van der Waals surface area contributed by atoms with Crippen molar-refractivity contribution >= 4 is 86.5 Å². The summed E-state index contributed by atoms with van der Waals surface area (Å²) < 4.78 is 1.59. The molecule has 3 aromatic rings. The maximum Gasteiger partial charge on any atom is 0.349 e. The van der Waals surface area contributed by atoms with Crippen LogP contribution in [0.4, 0.5) is 5.69 Å². The number of carboxylic acid groups (broad SMARTS) is 1. The lowest BCUT2D eigenvalue weighted by molar-refractivity contribution is -0.132. The number of rotatable bonds is 4. The predicted molar refractivity (Wildman–Crippen MR) is 130 cm³/mol. The lowest BCUT2D eigenvalue weighted by Crippen LogP contribution is -2.21. The molecule has 0 unspecified atom stereocenters. The van der Waals surface area contributed by atoms with Crippen molar-refractivity contribution in [1.82, 2.24) is 9.55 Å². The van der Waals surface area contributed by atoms with Gasteiger partial charge in [0.15, 0.2) is 0 Å². The summed E-state index contributed by atoms with van der Waals surface area (Å²) in [5, 5.41) is 11.2. The van der Waals surface area contributed by atoms with E-state index in [9.17, 15) is 14.4 Å². The number of aliphatic carboxylic acids is 1. The summed E-state index contributed by atoms with van der Waals surface area (Å²) in [5.74, 6) is -1.94. The summed E-state index contributed by atoms with van der Waals surface area (Å²) in [6.07, 6.45) is 2.45. The fourth-order valence-electron chi connectivity index (χ4n) is 3.42. The average Bonchev–Trinajstić information content (AvgIpc) is 3.17. The zero-order chi connectivity index (χ0) is 23.9. The van der Waals surface area contributed by atoms with Crippen LogP contribution in [-0.2, 0) is 16.1 Å². The van der Waals surface area contributed by atoms with Crippen LogP contribution in [-0.4, -0.2) is 26.5 Å². The highest BCUT2D eigenvalue weighted by molar-refractivity contribution is 6.54. The molecule has 1 aromatic heterocycles. The monoisotopic (exact) mass is 523 g/mol. The Labute approximate surface area is 206 Å². The molecular formula is C22H13Cl4N3O4. The number of allylic oxidation sites excluding steroid dienone is 1. The lowest BCUT2D eigenvalue weighted by atomic mass is 10.1. The zero-order valence-electron chi connectivity index (χ0n) is 16.5. The Bertz CT molecular complexity index is 1460. The van der Waals surface area contributed by atoms with E-state index < -0.39 is 21.9 Å². The number of nitrogens with zero attached hydrogens (tertiary/aromatic N) is 2. The molecule has 4 rings (SSSR count). The SMILES string of the molecule is O=C(O)/C(Cl)=C(/Cl)C(=O)Nc1ccc2c(=O)n3c(nc2c1)/C(=C/c1ccc(Cl)cc1Cl)CC3. The van der Waals surface area contributed by atoms with E-state index in [0.29, 0.717) is 39.7 Å². The van der Waals surface area contributed by atoms with Gasteiger partial charge < -0.3 is 10.4 Å². The van der Waals surface area contributed by atoms with E-state index in [1.807, 2.05) is 6.08 Å². The Morgan fingerprint density at radius 3 is 2.55 bits per heavy atom.